The Morgan fingerprint density at radius 3 is 2.90 bits per heavy atom. The number of nitro groups is 1. The molecular weight excluding hydrogens is 268 g/mol. The summed E-state index contributed by atoms with van der Waals surface area (Å²) in [6, 6.07) is 7.12. The number of rotatable bonds is 2. The average Bonchev–Trinajstić information content (AvgIpc) is 2.44. The lowest BCUT2D eigenvalue weighted by atomic mass is 10.0. The third-order valence-electron chi connectivity index (χ3n) is 3.83. The minimum atomic E-state index is -0.374. The van der Waals surface area contributed by atoms with Gasteiger partial charge in [0.1, 0.15) is 5.52 Å². The van der Waals surface area contributed by atoms with Gasteiger partial charge in [-0.3, -0.25) is 10.1 Å². The smallest absolute Gasteiger partial charge is 0.295 e. The molecule has 0 saturated carbocycles. The largest absolute Gasteiger partial charge is 0.368 e. The highest BCUT2D eigenvalue weighted by molar-refractivity contribution is 5.97. The maximum absolute atomic E-state index is 11.1. The zero-order valence-corrected chi connectivity index (χ0v) is 12.2. The van der Waals surface area contributed by atoms with Crippen LogP contribution in [-0.2, 0) is 0 Å². The molecule has 1 aromatic carbocycles. The van der Waals surface area contributed by atoms with E-state index in [1.54, 1.807) is 12.3 Å². The number of hydrogen-bond donors (Lipinski definition) is 1. The molecule has 6 nitrogen and oxygen atoms in total. The zero-order chi connectivity index (χ0) is 15.0. The summed E-state index contributed by atoms with van der Waals surface area (Å²) in [5.41, 5.74) is 1.55. The van der Waals surface area contributed by atoms with Gasteiger partial charge in [-0.1, -0.05) is 0 Å². The highest BCUT2D eigenvalue weighted by Crippen LogP contribution is 2.33. The normalized spacial score (nSPS) is 17.9. The molecule has 6 heteroatoms. The van der Waals surface area contributed by atoms with Crippen molar-refractivity contribution < 1.29 is 4.92 Å². The van der Waals surface area contributed by atoms with E-state index in [9.17, 15) is 10.1 Å². The van der Waals surface area contributed by atoms with Gasteiger partial charge in [0.15, 0.2) is 0 Å². The minimum Gasteiger partial charge on any atom is -0.368 e. The van der Waals surface area contributed by atoms with E-state index in [0.717, 1.165) is 30.7 Å². The number of nitro benzene ring substituents is 1. The molecule has 0 bridgehead atoms. The Morgan fingerprint density at radius 1 is 1.38 bits per heavy atom. The number of nitrogens with one attached hydrogen (secondary N) is 1. The summed E-state index contributed by atoms with van der Waals surface area (Å²) in [5, 5.41) is 15.5. The number of non-ortho nitro benzene ring substituents is 1. The Labute approximate surface area is 122 Å². The van der Waals surface area contributed by atoms with E-state index >= 15 is 0 Å². The first-order valence-corrected chi connectivity index (χ1v) is 7.00. The second kappa shape index (κ2) is 4.96. The lowest BCUT2D eigenvalue weighted by Gasteiger charge is -2.40. The quantitative estimate of drug-likeness (QED) is 0.677. The molecule has 1 fully saturated rings. The number of anilines is 1. The van der Waals surface area contributed by atoms with Gasteiger partial charge in [0.05, 0.1) is 4.92 Å². The van der Waals surface area contributed by atoms with Crippen LogP contribution in [0.5, 0.6) is 0 Å². The Hall–Kier alpha value is -2.21. The second-order valence-corrected chi connectivity index (χ2v) is 5.99. The fraction of sp³-hybridized carbons (Fsp3) is 0.400. The Balaban J connectivity index is 2.12. The first kappa shape index (κ1) is 13.8. The molecule has 1 aliphatic heterocycles. The number of fused-ring (bicyclic) bond motifs is 1. The fourth-order valence-electron chi connectivity index (χ4n) is 2.91. The lowest BCUT2D eigenvalue weighted by Crippen LogP contribution is -2.57. The summed E-state index contributed by atoms with van der Waals surface area (Å²) in [7, 11) is 0. The van der Waals surface area contributed by atoms with E-state index in [1.807, 2.05) is 18.2 Å². The predicted molar refractivity (Wildman–Crippen MR) is 82.7 cm³/mol. The summed E-state index contributed by atoms with van der Waals surface area (Å²) < 4.78 is 0. The molecule has 1 N–H and O–H groups in total. The van der Waals surface area contributed by atoms with Crippen LogP contribution < -0.4 is 10.2 Å². The van der Waals surface area contributed by atoms with E-state index < -0.39 is 0 Å². The number of hydrogen-bond acceptors (Lipinski definition) is 5. The molecule has 0 radical (unpaired) electrons. The maximum atomic E-state index is 11.1. The van der Waals surface area contributed by atoms with Gasteiger partial charge in [-0.25, -0.2) is 4.98 Å². The van der Waals surface area contributed by atoms with Crippen molar-refractivity contribution in [3.8, 4) is 0 Å². The van der Waals surface area contributed by atoms with Crippen LogP contribution in [0.3, 0.4) is 0 Å². The van der Waals surface area contributed by atoms with Gasteiger partial charge in [-0.05, 0) is 32.0 Å². The van der Waals surface area contributed by atoms with Crippen molar-refractivity contribution in [1.82, 2.24) is 10.3 Å². The van der Waals surface area contributed by atoms with Crippen LogP contribution in [0.1, 0.15) is 13.8 Å². The van der Waals surface area contributed by atoms with Crippen LogP contribution >= 0.6 is 0 Å². The molecule has 21 heavy (non-hydrogen) atoms. The van der Waals surface area contributed by atoms with Gasteiger partial charge in [-0.2, -0.15) is 0 Å². The molecule has 1 aromatic heterocycles. The van der Waals surface area contributed by atoms with Crippen molar-refractivity contribution in [2.45, 2.75) is 19.4 Å². The van der Waals surface area contributed by atoms with E-state index in [1.165, 1.54) is 0 Å². The molecule has 1 saturated heterocycles. The van der Waals surface area contributed by atoms with Crippen molar-refractivity contribution >= 4 is 22.3 Å². The van der Waals surface area contributed by atoms with E-state index in [0.29, 0.717) is 5.52 Å². The SMILES string of the molecule is CC1(C)CN(c2ccc([N+](=O)[O-])c3ncccc23)CCN1. The van der Waals surface area contributed by atoms with E-state index in [-0.39, 0.29) is 16.1 Å². The molecule has 2 heterocycles. The third kappa shape index (κ3) is 2.54. The Morgan fingerprint density at radius 2 is 2.19 bits per heavy atom. The number of piperazine rings is 1. The van der Waals surface area contributed by atoms with Crippen LogP contribution in [-0.4, -0.2) is 35.1 Å². The van der Waals surface area contributed by atoms with Crippen LogP contribution in [0.2, 0.25) is 0 Å². The molecule has 0 atom stereocenters. The summed E-state index contributed by atoms with van der Waals surface area (Å²) in [5.74, 6) is 0. The van der Waals surface area contributed by atoms with Crippen molar-refractivity contribution in [3.63, 3.8) is 0 Å². The van der Waals surface area contributed by atoms with E-state index in [2.05, 4.69) is 29.0 Å². The number of nitrogens with zero attached hydrogens (tertiary/aromatic N) is 3. The van der Waals surface area contributed by atoms with Crippen molar-refractivity contribution in [1.29, 1.82) is 0 Å². The molecule has 1 aliphatic rings. The van der Waals surface area contributed by atoms with Gasteiger partial charge in [-0.15, -0.1) is 0 Å². The highest BCUT2D eigenvalue weighted by Gasteiger charge is 2.27. The van der Waals surface area contributed by atoms with E-state index in [4.69, 9.17) is 0 Å². The molecule has 3 rings (SSSR count). The molecule has 0 spiro atoms. The van der Waals surface area contributed by atoms with Gasteiger partial charge >= 0.3 is 0 Å². The third-order valence-corrected chi connectivity index (χ3v) is 3.83. The molecule has 110 valence electrons. The maximum Gasteiger partial charge on any atom is 0.295 e. The molecular formula is C15H18N4O2. The predicted octanol–water partition coefficient (Wildman–Crippen LogP) is 2.33. The van der Waals surface area contributed by atoms with Gasteiger partial charge in [0.25, 0.3) is 5.69 Å². The summed E-state index contributed by atoms with van der Waals surface area (Å²) in [6.45, 7) is 6.95. The number of benzene rings is 1. The van der Waals surface area contributed by atoms with Crippen LogP contribution in [0.4, 0.5) is 11.4 Å². The fourth-order valence-corrected chi connectivity index (χ4v) is 2.91. The van der Waals surface area contributed by atoms with Crippen LogP contribution in [0.15, 0.2) is 30.5 Å². The van der Waals surface area contributed by atoms with Crippen molar-refractivity contribution in [2.75, 3.05) is 24.5 Å². The standard InChI is InChI=1S/C15H18N4O2/c1-15(2)10-18(9-8-17-15)12-5-6-13(19(20)21)14-11(12)4-3-7-16-14/h3-7,17H,8-10H2,1-2H3. The minimum absolute atomic E-state index is 0.0224. The first-order chi connectivity index (χ1) is 9.98. The average molecular weight is 286 g/mol. The van der Waals surface area contributed by atoms with Gasteiger partial charge in [0, 0.05) is 48.5 Å². The number of aromatic nitrogens is 1. The molecule has 0 aliphatic carbocycles. The molecule has 2 aromatic rings. The van der Waals surface area contributed by atoms with Crippen LogP contribution in [0, 0.1) is 10.1 Å². The Bertz CT molecular complexity index is 699. The monoisotopic (exact) mass is 286 g/mol. The van der Waals surface area contributed by atoms with Gasteiger partial charge < -0.3 is 10.2 Å². The first-order valence-electron chi connectivity index (χ1n) is 7.00. The highest BCUT2D eigenvalue weighted by atomic mass is 16.6. The topological polar surface area (TPSA) is 71.3 Å². The molecule has 0 unspecified atom stereocenters. The summed E-state index contributed by atoms with van der Waals surface area (Å²) in [4.78, 5) is 17.3. The Kier molecular flexibility index (Phi) is 3.25. The van der Waals surface area contributed by atoms with Crippen LogP contribution in [0.25, 0.3) is 10.9 Å². The zero-order valence-electron chi connectivity index (χ0n) is 12.2. The van der Waals surface area contributed by atoms with Gasteiger partial charge in [0.2, 0.25) is 0 Å². The summed E-state index contributed by atoms with van der Waals surface area (Å²) >= 11 is 0. The number of pyridine rings is 1. The summed E-state index contributed by atoms with van der Waals surface area (Å²) in [6.07, 6.45) is 1.60. The van der Waals surface area contributed by atoms with Crippen molar-refractivity contribution in [2.24, 2.45) is 0 Å². The lowest BCUT2D eigenvalue weighted by molar-refractivity contribution is -0.383. The molecule has 0 amide bonds. The van der Waals surface area contributed by atoms with Crippen molar-refractivity contribution in [3.05, 3.63) is 40.6 Å². The second-order valence-electron chi connectivity index (χ2n) is 5.99.